The summed E-state index contributed by atoms with van der Waals surface area (Å²) in [6, 6.07) is 1.17. The van der Waals surface area contributed by atoms with Gasteiger partial charge in [-0.05, 0) is 33.2 Å². The van der Waals surface area contributed by atoms with Crippen LogP contribution in [0.1, 0.15) is 40.0 Å². The van der Waals surface area contributed by atoms with Gasteiger partial charge in [-0.15, -0.1) is 0 Å². The molecule has 94 valence electrons. The van der Waals surface area contributed by atoms with Crippen LogP contribution in [0.4, 0.5) is 0 Å². The van der Waals surface area contributed by atoms with E-state index >= 15 is 0 Å². The molecule has 3 nitrogen and oxygen atoms in total. The van der Waals surface area contributed by atoms with Crippen molar-refractivity contribution in [1.29, 1.82) is 0 Å². The highest BCUT2D eigenvalue weighted by atomic mass is 32.2. The van der Waals surface area contributed by atoms with Gasteiger partial charge in [0.25, 0.3) is 0 Å². The van der Waals surface area contributed by atoms with E-state index in [2.05, 4.69) is 25.7 Å². The first-order valence-electron chi connectivity index (χ1n) is 6.10. The summed E-state index contributed by atoms with van der Waals surface area (Å²) in [5.74, 6) is 0.518. The Balaban J connectivity index is 2.38. The molecule has 0 saturated carbocycles. The molecule has 1 aliphatic heterocycles. The average molecular weight is 245 g/mol. The highest BCUT2D eigenvalue weighted by Gasteiger charge is 2.28. The van der Waals surface area contributed by atoms with Gasteiger partial charge in [0.05, 0.1) is 0 Å². The SMILES string of the molecule is CC1CC(N(CCCC(=O)O)C(C)C)CS1. The number of carboxylic acid groups (broad SMARTS) is 1. The predicted octanol–water partition coefficient (Wildman–Crippen LogP) is 2.46. The van der Waals surface area contributed by atoms with Gasteiger partial charge in [0.15, 0.2) is 0 Å². The molecule has 0 radical (unpaired) electrons. The van der Waals surface area contributed by atoms with Gasteiger partial charge in [-0.25, -0.2) is 0 Å². The van der Waals surface area contributed by atoms with Gasteiger partial charge in [-0.3, -0.25) is 9.69 Å². The molecule has 1 saturated heterocycles. The molecular weight excluding hydrogens is 222 g/mol. The van der Waals surface area contributed by atoms with Crippen LogP contribution in [0, 0.1) is 0 Å². The fraction of sp³-hybridized carbons (Fsp3) is 0.917. The van der Waals surface area contributed by atoms with Crippen molar-refractivity contribution in [3.63, 3.8) is 0 Å². The number of rotatable bonds is 6. The standard InChI is InChI=1S/C12H23NO2S/c1-9(2)13(6-4-5-12(14)15)11-7-10(3)16-8-11/h9-11H,4-8H2,1-3H3,(H,14,15). The molecule has 4 heteroatoms. The van der Waals surface area contributed by atoms with Gasteiger partial charge in [-0.2, -0.15) is 11.8 Å². The van der Waals surface area contributed by atoms with Crippen LogP contribution in [0.5, 0.6) is 0 Å². The summed E-state index contributed by atoms with van der Waals surface area (Å²) in [6.07, 6.45) is 2.30. The van der Waals surface area contributed by atoms with Crippen molar-refractivity contribution in [3.8, 4) is 0 Å². The lowest BCUT2D eigenvalue weighted by Gasteiger charge is -2.32. The predicted molar refractivity (Wildman–Crippen MR) is 69.0 cm³/mol. The van der Waals surface area contributed by atoms with Gasteiger partial charge < -0.3 is 5.11 Å². The average Bonchev–Trinajstić information content (AvgIpc) is 2.58. The molecule has 1 rings (SSSR count). The number of nitrogens with zero attached hydrogens (tertiary/aromatic N) is 1. The van der Waals surface area contributed by atoms with E-state index in [1.807, 2.05) is 11.8 Å². The zero-order valence-corrected chi connectivity index (χ0v) is 11.3. The van der Waals surface area contributed by atoms with Crippen LogP contribution >= 0.6 is 11.8 Å². The van der Waals surface area contributed by atoms with Crippen LogP contribution in [-0.2, 0) is 4.79 Å². The molecule has 0 amide bonds. The summed E-state index contributed by atoms with van der Waals surface area (Å²) < 4.78 is 0. The number of carbonyl (C=O) groups is 1. The Bertz CT molecular complexity index is 233. The summed E-state index contributed by atoms with van der Waals surface area (Å²) in [5.41, 5.74) is 0. The molecule has 1 fully saturated rings. The molecule has 0 aromatic heterocycles. The second-order valence-electron chi connectivity index (χ2n) is 4.86. The second-order valence-corrected chi connectivity index (χ2v) is 6.33. The topological polar surface area (TPSA) is 40.5 Å². The number of thioether (sulfide) groups is 1. The Hall–Kier alpha value is -0.220. The lowest BCUT2D eigenvalue weighted by atomic mass is 10.1. The maximum absolute atomic E-state index is 10.5. The molecule has 1 aliphatic rings. The maximum atomic E-state index is 10.5. The van der Waals surface area contributed by atoms with Crippen LogP contribution in [-0.4, -0.2) is 45.6 Å². The Labute approximate surface area is 103 Å². The van der Waals surface area contributed by atoms with E-state index in [1.165, 1.54) is 12.2 Å². The molecule has 0 aromatic rings. The molecule has 2 unspecified atom stereocenters. The third-order valence-corrected chi connectivity index (χ3v) is 4.46. The van der Waals surface area contributed by atoms with E-state index in [0.717, 1.165) is 18.2 Å². The summed E-state index contributed by atoms with van der Waals surface area (Å²) >= 11 is 2.03. The molecule has 1 heterocycles. The summed E-state index contributed by atoms with van der Waals surface area (Å²) in [4.78, 5) is 13.0. The Morgan fingerprint density at radius 2 is 2.25 bits per heavy atom. The van der Waals surface area contributed by atoms with Gasteiger partial charge in [0.1, 0.15) is 0 Å². The van der Waals surface area contributed by atoms with Crippen molar-refractivity contribution < 1.29 is 9.90 Å². The number of carboxylic acids is 1. The number of hydrogen-bond acceptors (Lipinski definition) is 3. The van der Waals surface area contributed by atoms with E-state index in [1.54, 1.807) is 0 Å². The van der Waals surface area contributed by atoms with E-state index < -0.39 is 5.97 Å². The first-order chi connectivity index (χ1) is 7.50. The van der Waals surface area contributed by atoms with E-state index in [0.29, 0.717) is 18.5 Å². The van der Waals surface area contributed by atoms with Crippen LogP contribution in [0.3, 0.4) is 0 Å². The molecule has 0 aliphatic carbocycles. The monoisotopic (exact) mass is 245 g/mol. The Morgan fingerprint density at radius 1 is 1.56 bits per heavy atom. The minimum atomic E-state index is -0.683. The number of aliphatic carboxylic acids is 1. The minimum Gasteiger partial charge on any atom is -0.481 e. The Kier molecular flexibility index (Phi) is 5.62. The van der Waals surface area contributed by atoms with Crippen molar-refractivity contribution >= 4 is 17.7 Å². The van der Waals surface area contributed by atoms with E-state index in [-0.39, 0.29) is 0 Å². The smallest absolute Gasteiger partial charge is 0.303 e. The first-order valence-corrected chi connectivity index (χ1v) is 7.14. The molecule has 0 spiro atoms. The molecule has 2 atom stereocenters. The largest absolute Gasteiger partial charge is 0.481 e. The van der Waals surface area contributed by atoms with Crippen LogP contribution in [0.25, 0.3) is 0 Å². The molecule has 1 N–H and O–H groups in total. The van der Waals surface area contributed by atoms with Crippen LogP contribution < -0.4 is 0 Å². The zero-order chi connectivity index (χ0) is 12.1. The van der Waals surface area contributed by atoms with Crippen LogP contribution in [0.2, 0.25) is 0 Å². The van der Waals surface area contributed by atoms with Crippen molar-refractivity contribution in [2.75, 3.05) is 12.3 Å². The third-order valence-electron chi connectivity index (χ3n) is 3.12. The normalized spacial score (nSPS) is 25.6. The van der Waals surface area contributed by atoms with Gasteiger partial charge in [-0.1, -0.05) is 6.92 Å². The third kappa shape index (κ3) is 4.34. The minimum absolute atomic E-state index is 0.290. The molecule has 0 bridgehead atoms. The first kappa shape index (κ1) is 13.8. The summed E-state index contributed by atoms with van der Waals surface area (Å²) in [6.45, 7) is 7.60. The van der Waals surface area contributed by atoms with Crippen molar-refractivity contribution in [2.45, 2.75) is 57.4 Å². The second kappa shape index (κ2) is 6.50. The summed E-state index contributed by atoms with van der Waals surface area (Å²) in [7, 11) is 0. The van der Waals surface area contributed by atoms with Gasteiger partial charge >= 0.3 is 5.97 Å². The fourth-order valence-corrected chi connectivity index (χ4v) is 3.54. The highest BCUT2D eigenvalue weighted by molar-refractivity contribution is 8.00. The lowest BCUT2D eigenvalue weighted by molar-refractivity contribution is -0.137. The van der Waals surface area contributed by atoms with Crippen molar-refractivity contribution in [3.05, 3.63) is 0 Å². The molecular formula is C12H23NO2S. The quantitative estimate of drug-likeness (QED) is 0.780. The highest BCUT2D eigenvalue weighted by Crippen LogP contribution is 2.30. The lowest BCUT2D eigenvalue weighted by Crippen LogP contribution is -2.41. The van der Waals surface area contributed by atoms with Crippen molar-refractivity contribution in [2.24, 2.45) is 0 Å². The maximum Gasteiger partial charge on any atom is 0.303 e. The fourth-order valence-electron chi connectivity index (χ4n) is 2.30. The van der Waals surface area contributed by atoms with Gasteiger partial charge in [0, 0.05) is 29.5 Å². The molecule has 16 heavy (non-hydrogen) atoms. The van der Waals surface area contributed by atoms with Crippen LogP contribution in [0.15, 0.2) is 0 Å². The summed E-state index contributed by atoms with van der Waals surface area (Å²) in [5, 5.41) is 9.41. The Morgan fingerprint density at radius 3 is 2.69 bits per heavy atom. The van der Waals surface area contributed by atoms with E-state index in [4.69, 9.17) is 5.11 Å². The van der Waals surface area contributed by atoms with Gasteiger partial charge in [0.2, 0.25) is 0 Å². The van der Waals surface area contributed by atoms with Crippen molar-refractivity contribution in [1.82, 2.24) is 4.90 Å². The molecule has 0 aromatic carbocycles. The zero-order valence-electron chi connectivity index (χ0n) is 10.5. The van der Waals surface area contributed by atoms with E-state index in [9.17, 15) is 4.79 Å². The number of hydrogen-bond donors (Lipinski definition) is 1.